The van der Waals surface area contributed by atoms with Gasteiger partial charge < -0.3 is 5.32 Å². The van der Waals surface area contributed by atoms with Crippen LogP contribution < -0.4 is 5.32 Å². The van der Waals surface area contributed by atoms with Gasteiger partial charge in [-0.2, -0.15) is 0 Å². The van der Waals surface area contributed by atoms with E-state index in [1.54, 1.807) is 0 Å². The van der Waals surface area contributed by atoms with E-state index in [9.17, 15) is 0 Å². The molecule has 0 amide bonds. The molecule has 128 valence electrons. The fraction of sp³-hybridized carbons (Fsp3) is 0.500. The maximum Gasteiger partial charge on any atom is 0.0708 e. The predicted octanol–water partition coefficient (Wildman–Crippen LogP) is 3.82. The van der Waals surface area contributed by atoms with Crippen LogP contribution in [0.15, 0.2) is 30.3 Å². The Balaban J connectivity index is 0.00000132. The number of hydrogen-bond acceptors (Lipinski definition) is 3. The lowest BCUT2D eigenvalue weighted by Gasteiger charge is -2.32. The van der Waals surface area contributed by atoms with Crippen LogP contribution in [0.1, 0.15) is 24.1 Å². The first-order valence-corrected chi connectivity index (χ1v) is 7.98. The number of piperidine rings is 1. The highest BCUT2D eigenvalue weighted by Gasteiger charge is 2.19. The maximum atomic E-state index is 4.64. The molecule has 0 spiro atoms. The molecule has 1 fully saturated rings. The molecule has 0 aliphatic carbocycles. The third-order valence-electron chi connectivity index (χ3n) is 4.52. The largest absolute Gasteiger partial charge is 0.319 e. The normalized spacial score (nSPS) is 15.9. The quantitative estimate of drug-likeness (QED) is 0.903. The van der Waals surface area contributed by atoms with Crippen LogP contribution in [0, 0.1) is 12.8 Å². The molecule has 3 nitrogen and oxygen atoms in total. The fourth-order valence-corrected chi connectivity index (χ4v) is 3.40. The molecule has 1 aromatic carbocycles. The Morgan fingerprint density at radius 2 is 1.87 bits per heavy atom. The number of halogens is 2. The number of nitrogens with zero attached hydrogens (tertiary/aromatic N) is 2. The molecule has 1 aliphatic heterocycles. The van der Waals surface area contributed by atoms with Crippen LogP contribution in [0.2, 0.25) is 0 Å². The predicted molar refractivity (Wildman–Crippen MR) is 103 cm³/mol. The van der Waals surface area contributed by atoms with Gasteiger partial charge in [-0.25, -0.2) is 0 Å². The molecule has 1 N–H and O–H groups in total. The highest BCUT2D eigenvalue weighted by molar-refractivity contribution is 5.85. The minimum atomic E-state index is 0. The summed E-state index contributed by atoms with van der Waals surface area (Å²) in [7, 11) is 2.05. The van der Waals surface area contributed by atoms with E-state index in [0.717, 1.165) is 30.2 Å². The minimum absolute atomic E-state index is 0. The van der Waals surface area contributed by atoms with Crippen LogP contribution in [0.25, 0.3) is 10.9 Å². The number of aromatic nitrogens is 1. The molecule has 2 heterocycles. The van der Waals surface area contributed by atoms with Crippen molar-refractivity contribution < 1.29 is 0 Å². The lowest BCUT2D eigenvalue weighted by atomic mass is 9.96. The van der Waals surface area contributed by atoms with Crippen LogP contribution in [-0.2, 0) is 6.54 Å². The van der Waals surface area contributed by atoms with Crippen molar-refractivity contribution in [1.29, 1.82) is 0 Å². The van der Waals surface area contributed by atoms with Crippen molar-refractivity contribution in [2.45, 2.75) is 26.3 Å². The van der Waals surface area contributed by atoms with Crippen LogP contribution in [-0.4, -0.2) is 36.6 Å². The van der Waals surface area contributed by atoms with Gasteiger partial charge in [-0.05, 0) is 70.1 Å². The third-order valence-corrected chi connectivity index (χ3v) is 4.52. The topological polar surface area (TPSA) is 28.2 Å². The standard InChI is InChI=1S/C18H25N3.2ClH/c1-14-11-16(17-5-3-4-6-18(17)20-14)13-21-9-7-15(8-10-21)12-19-2;;/h3-6,11,15,19H,7-10,12-13H2,1-2H3;2*1H. The highest BCUT2D eigenvalue weighted by Crippen LogP contribution is 2.23. The third kappa shape index (κ3) is 5.05. The second-order valence-corrected chi connectivity index (χ2v) is 6.22. The molecule has 1 saturated heterocycles. The Labute approximate surface area is 151 Å². The van der Waals surface area contributed by atoms with Gasteiger partial charge >= 0.3 is 0 Å². The van der Waals surface area contributed by atoms with Gasteiger partial charge in [0.2, 0.25) is 0 Å². The molecule has 23 heavy (non-hydrogen) atoms. The first-order chi connectivity index (χ1) is 10.3. The maximum absolute atomic E-state index is 4.64. The van der Waals surface area contributed by atoms with E-state index < -0.39 is 0 Å². The fourth-order valence-electron chi connectivity index (χ4n) is 3.40. The molecule has 0 unspecified atom stereocenters. The first-order valence-electron chi connectivity index (χ1n) is 7.98. The van der Waals surface area contributed by atoms with Gasteiger partial charge in [0.1, 0.15) is 0 Å². The zero-order valence-corrected chi connectivity index (χ0v) is 15.6. The molecular formula is C18H27Cl2N3. The average Bonchev–Trinajstić information content (AvgIpc) is 2.49. The van der Waals surface area contributed by atoms with Crippen LogP contribution in [0.3, 0.4) is 0 Å². The molecule has 0 atom stereocenters. The highest BCUT2D eigenvalue weighted by atomic mass is 35.5. The molecule has 3 rings (SSSR count). The van der Waals surface area contributed by atoms with Crippen molar-refractivity contribution in [3.05, 3.63) is 41.6 Å². The zero-order chi connectivity index (χ0) is 14.7. The number of hydrogen-bond donors (Lipinski definition) is 1. The number of para-hydroxylation sites is 1. The summed E-state index contributed by atoms with van der Waals surface area (Å²) in [6.45, 7) is 6.72. The van der Waals surface area contributed by atoms with E-state index in [1.165, 1.54) is 36.9 Å². The number of fused-ring (bicyclic) bond motifs is 1. The van der Waals surface area contributed by atoms with Gasteiger partial charge in [0.25, 0.3) is 0 Å². The lowest BCUT2D eigenvalue weighted by Crippen LogP contribution is -2.36. The molecule has 0 bridgehead atoms. The Hall–Kier alpha value is -0.870. The Morgan fingerprint density at radius 3 is 2.57 bits per heavy atom. The average molecular weight is 356 g/mol. The van der Waals surface area contributed by atoms with Crippen LogP contribution >= 0.6 is 24.8 Å². The molecule has 1 aromatic heterocycles. The van der Waals surface area contributed by atoms with E-state index >= 15 is 0 Å². The van der Waals surface area contributed by atoms with Crippen LogP contribution in [0.4, 0.5) is 0 Å². The lowest BCUT2D eigenvalue weighted by molar-refractivity contribution is 0.177. The van der Waals surface area contributed by atoms with Gasteiger partial charge in [0, 0.05) is 17.6 Å². The summed E-state index contributed by atoms with van der Waals surface area (Å²) in [5.41, 5.74) is 3.66. The number of pyridine rings is 1. The number of nitrogens with one attached hydrogen (secondary N) is 1. The van der Waals surface area contributed by atoms with Gasteiger partial charge in [-0.3, -0.25) is 9.88 Å². The second kappa shape index (κ2) is 9.43. The summed E-state index contributed by atoms with van der Waals surface area (Å²) < 4.78 is 0. The summed E-state index contributed by atoms with van der Waals surface area (Å²) in [6.07, 6.45) is 2.62. The van der Waals surface area contributed by atoms with Crippen LogP contribution in [0.5, 0.6) is 0 Å². The molecule has 0 radical (unpaired) electrons. The van der Waals surface area contributed by atoms with Crippen molar-refractivity contribution in [2.24, 2.45) is 5.92 Å². The minimum Gasteiger partial charge on any atom is -0.319 e. The number of rotatable bonds is 4. The monoisotopic (exact) mass is 355 g/mol. The molecule has 1 aliphatic rings. The summed E-state index contributed by atoms with van der Waals surface area (Å²) in [4.78, 5) is 7.23. The zero-order valence-electron chi connectivity index (χ0n) is 13.9. The van der Waals surface area contributed by atoms with Crippen molar-refractivity contribution >= 4 is 35.7 Å². The molecular weight excluding hydrogens is 329 g/mol. The second-order valence-electron chi connectivity index (χ2n) is 6.22. The molecule has 0 saturated carbocycles. The number of likely N-dealkylation sites (tertiary alicyclic amines) is 1. The summed E-state index contributed by atoms with van der Waals surface area (Å²) in [6, 6.07) is 10.8. The summed E-state index contributed by atoms with van der Waals surface area (Å²) in [5, 5.41) is 4.61. The SMILES string of the molecule is CNCC1CCN(Cc2cc(C)nc3ccccc23)CC1.Cl.Cl. The van der Waals surface area contributed by atoms with Crippen molar-refractivity contribution in [3.63, 3.8) is 0 Å². The van der Waals surface area contributed by atoms with Crippen molar-refractivity contribution in [3.8, 4) is 0 Å². The van der Waals surface area contributed by atoms with Gasteiger partial charge in [-0.15, -0.1) is 24.8 Å². The number of aryl methyl sites for hydroxylation is 1. The Morgan fingerprint density at radius 1 is 1.17 bits per heavy atom. The molecule has 2 aromatic rings. The Kier molecular flexibility index (Phi) is 8.27. The van der Waals surface area contributed by atoms with Gasteiger partial charge in [-0.1, -0.05) is 18.2 Å². The smallest absolute Gasteiger partial charge is 0.0708 e. The Bertz CT molecular complexity index is 610. The first kappa shape index (κ1) is 20.2. The van der Waals surface area contributed by atoms with E-state index in [2.05, 4.69) is 59.5 Å². The van der Waals surface area contributed by atoms with Gasteiger partial charge in [0.15, 0.2) is 0 Å². The van der Waals surface area contributed by atoms with E-state index in [1.807, 2.05) is 0 Å². The van der Waals surface area contributed by atoms with Crippen molar-refractivity contribution in [1.82, 2.24) is 15.2 Å². The molecule has 5 heteroatoms. The number of benzene rings is 1. The summed E-state index contributed by atoms with van der Waals surface area (Å²) >= 11 is 0. The van der Waals surface area contributed by atoms with Gasteiger partial charge in [0.05, 0.1) is 5.52 Å². The van der Waals surface area contributed by atoms with E-state index in [0.29, 0.717) is 0 Å². The van der Waals surface area contributed by atoms with E-state index in [-0.39, 0.29) is 24.8 Å². The van der Waals surface area contributed by atoms with E-state index in [4.69, 9.17) is 0 Å². The summed E-state index contributed by atoms with van der Waals surface area (Å²) in [5.74, 6) is 0.849. The van der Waals surface area contributed by atoms with Crippen molar-refractivity contribution in [2.75, 3.05) is 26.7 Å².